The number of furan rings is 1. The predicted octanol–water partition coefficient (Wildman–Crippen LogP) is 2.00. The summed E-state index contributed by atoms with van der Waals surface area (Å²) in [6.07, 6.45) is 5.20. The molecule has 0 radical (unpaired) electrons. The van der Waals surface area contributed by atoms with Gasteiger partial charge in [0.15, 0.2) is 0 Å². The molecule has 2 aromatic heterocycles. The highest BCUT2D eigenvalue weighted by atomic mass is 16.3. The molecule has 2 rings (SSSR count). The normalized spacial score (nSPS) is 12.8. The zero-order valence-corrected chi connectivity index (χ0v) is 11.2. The Labute approximate surface area is 107 Å². The number of aryl methyl sites for hydroxylation is 2. The van der Waals surface area contributed by atoms with Crippen molar-refractivity contribution in [3.63, 3.8) is 0 Å². The van der Waals surface area contributed by atoms with Crippen LogP contribution in [0, 0.1) is 6.92 Å². The van der Waals surface area contributed by atoms with Crippen LogP contribution in [0.5, 0.6) is 0 Å². The summed E-state index contributed by atoms with van der Waals surface area (Å²) in [5.74, 6) is 1.95. The maximum absolute atomic E-state index is 5.59. The van der Waals surface area contributed by atoms with E-state index in [2.05, 4.69) is 29.2 Å². The van der Waals surface area contributed by atoms with Crippen molar-refractivity contribution in [1.29, 1.82) is 0 Å². The molecule has 0 saturated carbocycles. The first-order valence-electron chi connectivity index (χ1n) is 6.32. The lowest BCUT2D eigenvalue weighted by Crippen LogP contribution is -2.25. The third-order valence-electron chi connectivity index (χ3n) is 3.05. The lowest BCUT2D eigenvalue weighted by molar-refractivity contribution is 0.400. The van der Waals surface area contributed by atoms with Crippen molar-refractivity contribution in [1.82, 2.24) is 20.1 Å². The van der Waals surface area contributed by atoms with Gasteiger partial charge in [-0.3, -0.25) is 4.68 Å². The minimum absolute atomic E-state index is 0.155. The Morgan fingerprint density at radius 1 is 1.50 bits per heavy atom. The lowest BCUT2D eigenvalue weighted by atomic mass is 10.1. The Hall–Kier alpha value is -1.62. The summed E-state index contributed by atoms with van der Waals surface area (Å²) >= 11 is 0. The van der Waals surface area contributed by atoms with E-state index in [0.29, 0.717) is 0 Å². The number of nitrogens with one attached hydrogen (secondary N) is 1. The van der Waals surface area contributed by atoms with Gasteiger partial charge in [0.25, 0.3) is 0 Å². The van der Waals surface area contributed by atoms with Gasteiger partial charge in [0, 0.05) is 13.5 Å². The van der Waals surface area contributed by atoms with Crippen LogP contribution in [0.25, 0.3) is 0 Å². The smallest absolute Gasteiger partial charge is 0.138 e. The molecule has 0 aliphatic heterocycles. The molecule has 0 aliphatic carbocycles. The highest BCUT2D eigenvalue weighted by Crippen LogP contribution is 2.21. The molecule has 1 unspecified atom stereocenters. The van der Waals surface area contributed by atoms with E-state index in [0.717, 1.165) is 31.0 Å². The van der Waals surface area contributed by atoms with E-state index in [9.17, 15) is 0 Å². The van der Waals surface area contributed by atoms with Gasteiger partial charge in [-0.2, -0.15) is 5.10 Å². The highest BCUT2D eigenvalue weighted by molar-refractivity contribution is 5.19. The largest absolute Gasteiger partial charge is 0.467 e. The van der Waals surface area contributed by atoms with Crippen LogP contribution in [0.3, 0.4) is 0 Å². The van der Waals surface area contributed by atoms with Crippen molar-refractivity contribution in [3.8, 4) is 0 Å². The Bertz CT molecular complexity index is 489. The van der Waals surface area contributed by atoms with Crippen molar-refractivity contribution in [2.24, 2.45) is 7.05 Å². The predicted molar refractivity (Wildman–Crippen MR) is 69.2 cm³/mol. The van der Waals surface area contributed by atoms with Gasteiger partial charge in [-0.1, -0.05) is 6.92 Å². The molecule has 0 amide bonds. The molecule has 98 valence electrons. The first-order valence-corrected chi connectivity index (χ1v) is 6.32. The highest BCUT2D eigenvalue weighted by Gasteiger charge is 2.19. The summed E-state index contributed by atoms with van der Waals surface area (Å²) in [6, 6.07) is 2.15. The van der Waals surface area contributed by atoms with Gasteiger partial charge in [-0.25, -0.2) is 4.98 Å². The monoisotopic (exact) mass is 248 g/mol. The molecule has 2 aromatic rings. The van der Waals surface area contributed by atoms with Gasteiger partial charge in [-0.05, 0) is 31.5 Å². The first kappa shape index (κ1) is 12.8. The van der Waals surface area contributed by atoms with Gasteiger partial charge in [0.05, 0.1) is 12.3 Å². The Morgan fingerprint density at radius 3 is 2.89 bits per heavy atom. The van der Waals surface area contributed by atoms with Crippen molar-refractivity contribution in [2.45, 2.75) is 32.7 Å². The zero-order chi connectivity index (χ0) is 13.0. The van der Waals surface area contributed by atoms with E-state index in [1.54, 1.807) is 17.3 Å². The average molecular weight is 248 g/mol. The van der Waals surface area contributed by atoms with E-state index in [4.69, 9.17) is 4.42 Å². The Balaban J connectivity index is 2.15. The van der Waals surface area contributed by atoms with Crippen LogP contribution < -0.4 is 5.32 Å². The molecule has 0 fully saturated rings. The quantitative estimate of drug-likeness (QED) is 0.849. The third-order valence-corrected chi connectivity index (χ3v) is 3.05. The Morgan fingerprint density at radius 2 is 2.33 bits per heavy atom. The van der Waals surface area contributed by atoms with Crippen LogP contribution in [0.2, 0.25) is 0 Å². The van der Waals surface area contributed by atoms with Gasteiger partial charge >= 0.3 is 0 Å². The second kappa shape index (κ2) is 5.82. The Kier molecular flexibility index (Phi) is 4.15. The molecule has 0 saturated heterocycles. The van der Waals surface area contributed by atoms with E-state index in [1.165, 1.54) is 5.56 Å². The van der Waals surface area contributed by atoms with Crippen LogP contribution in [0.1, 0.15) is 36.5 Å². The minimum atomic E-state index is 0.155. The summed E-state index contributed by atoms with van der Waals surface area (Å²) < 4.78 is 7.40. The number of hydrogen-bond acceptors (Lipinski definition) is 4. The van der Waals surface area contributed by atoms with Crippen molar-refractivity contribution >= 4 is 0 Å². The van der Waals surface area contributed by atoms with E-state index in [-0.39, 0.29) is 6.04 Å². The van der Waals surface area contributed by atoms with Gasteiger partial charge in [0.2, 0.25) is 0 Å². The standard InChI is InChI=1S/C13H20N4O/c1-4-6-14-11(13-10(2)5-7-18-13)8-12-15-9-16-17(12)3/h5,7,9,11,14H,4,6,8H2,1-3H3. The molecule has 0 spiro atoms. The van der Waals surface area contributed by atoms with Crippen molar-refractivity contribution in [2.75, 3.05) is 6.54 Å². The first-order chi connectivity index (χ1) is 8.72. The van der Waals surface area contributed by atoms with Crippen LogP contribution in [0.15, 0.2) is 23.1 Å². The van der Waals surface area contributed by atoms with Crippen LogP contribution in [0.4, 0.5) is 0 Å². The van der Waals surface area contributed by atoms with Crippen LogP contribution >= 0.6 is 0 Å². The average Bonchev–Trinajstić information content (AvgIpc) is 2.94. The fourth-order valence-electron chi connectivity index (χ4n) is 2.01. The number of hydrogen-bond donors (Lipinski definition) is 1. The number of nitrogens with zero attached hydrogens (tertiary/aromatic N) is 3. The fourth-order valence-corrected chi connectivity index (χ4v) is 2.01. The summed E-state index contributed by atoms with van der Waals surface area (Å²) in [5.41, 5.74) is 1.17. The molecular weight excluding hydrogens is 228 g/mol. The topological polar surface area (TPSA) is 55.9 Å². The lowest BCUT2D eigenvalue weighted by Gasteiger charge is -2.16. The molecular formula is C13H20N4O. The molecule has 18 heavy (non-hydrogen) atoms. The van der Waals surface area contributed by atoms with Gasteiger partial charge < -0.3 is 9.73 Å². The number of aromatic nitrogens is 3. The molecule has 1 N–H and O–H groups in total. The molecule has 1 atom stereocenters. The van der Waals surface area contributed by atoms with Crippen LogP contribution in [-0.2, 0) is 13.5 Å². The van der Waals surface area contributed by atoms with E-state index < -0.39 is 0 Å². The molecule has 5 heteroatoms. The maximum Gasteiger partial charge on any atom is 0.138 e. The number of rotatable bonds is 6. The summed E-state index contributed by atoms with van der Waals surface area (Å²) in [6.45, 7) is 5.18. The third kappa shape index (κ3) is 2.79. The van der Waals surface area contributed by atoms with E-state index in [1.807, 2.05) is 13.1 Å². The van der Waals surface area contributed by atoms with Crippen LogP contribution in [-0.4, -0.2) is 21.3 Å². The summed E-state index contributed by atoms with van der Waals surface area (Å²) in [7, 11) is 1.91. The second-order valence-electron chi connectivity index (χ2n) is 4.48. The SMILES string of the molecule is CCCNC(Cc1ncnn1C)c1occc1C. The van der Waals surface area contributed by atoms with E-state index >= 15 is 0 Å². The molecule has 2 heterocycles. The second-order valence-corrected chi connectivity index (χ2v) is 4.48. The van der Waals surface area contributed by atoms with Crippen molar-refractivity contribution < 1.29 is 4.42 Å². The van der Waals surface area contributed by atoms with Gasteiger partial charge in [-0.15, -0.1) is 0 Å². The summed E-state index contributed by atoms with van der Waals surface area (Å²) in [5, 5.41) is 7.60. The minimum Gasteiger partial charge on any atom is -0.467 e. The maximum atomic E-state index is 5.59. The van der Waals surface area contributed by atoms with Gasteiger partial charge in [0.1, 0.15) is 17.9 Å². The molecule has 5 nitrogen and oxygen atoms in total. The zero-order valence-electron chi connectivity index (χ0n) is 11.2. The summed E-state index contributed by atoms with van der Waals surface area (Å²) in [4.78, 5) is 4.27. The molecule has 0 bridgehead atoms. The van der Waals surface area contributed by atoms with Crippen molar-refractivity contribution in [3.05, 3.63) is 35.8 Å². The molecule has 0 aromatic carbocycles. The fraction of sp³-hybridized carbons (Fsp3) is 0.538. The molecule has 0 aliphatic rings.